The van der Waals surface area contributed by atoms with Gasteiger partial charge < -0.3 is 19.3 Å². The summed E-state index contributed by atoms with van der Waals surface area (Å²) in [6, 6.07) is 19.6. The van der Waals surface area contributed by atoms with E-state index in [4.69, 9.17) is 9.47 Å². The van der Waals surface area contributed by atoms with Gasteiger partial charge in [-0.05, 0) is 24.0 Å². The number of carbonyl (C=O) groups excluding carboxylic acids is 1. The van der Waals surface area contributed by atoms with Crippen molar-refractivity contribution in [1.29, 1.82) is 0 Å². The minimum atomic E-state index is -0.765. The summed E-state index contributed by atoms with van der Waals surface area (Å²) in [5, 5.41) is 10.6. The molecule has 0 spiro atoms. The summed E-state index contributed by atoms with van der Waals surface area (Å²) in [6.45, 7) is 1.02. The van der Waals surface area contributed by atoms with Crippen LogP contribution in [0.25, 0.3) is 0 Å². The summed E-state index contributed by atoms with van der Waals surface area (Å²) in [5.74, 6) is -0.395. The first kappa shape index (κ1) is 21.8. The molecule has 0 heterocycles. The molecule has 5 nitrogen and oxygen atoms in total. The third kappa shape index (κ3) is 8.48. The zero-order valence-electron chi connectivity index (χ0n) is 16.2. The standard InChI is InChI=1S/C23H28O5/c1-26-23(25)15-9-8-14-22(28-17-20-12-6-3-7-13-20)21(24)18-27-16-19-10-4-2-5-11-19/h2-7,9-13,15,21-22,24H,8,14,16-18H2,1H3/b15-9+. The molecule has 1 N–H and O–H groups in total. The molecule has 2 atom stereocenters. The molecule has 0 aliphatic rings. The van der Waals surface area contributed by atoms with Crippen LogP contribution in [0, 0.1) is 0 Å². The molecule has 5 heteroatoms. The lowest BCUT2D eigenvalue weighted by Crippen LogP contribution is -2.33. The highest BCUT2D eigenvalue weighted by Crippen LogP contribution is 2.13. The summed E-state index contributed by atoms with van der Waals surface area (Å²) in [5.41, 5.74) is 2.09. The number of ether oxygens (including phenoxy) is 3. The topological polar surface area (TPSA) is 65.0 Å². The fourth-order valence-electron chi connectivity index (χ4n) is 2.65. The van der Waals surface area contributed by atoms with Gasteiger partial charge in [0.15, 0.2) is 0 Å². The van der Waals surface area contributed by atoms with Crippen molar-refractivity contribution >= 4 is 5.97 Å². The Bertz CT molecular complexity index is 699. The molecule has 28 heavy (non-hydrogen) atoms. The number of hydrogen-bond acceptors (Lipinski definition) is 5. The van der Waals surface area contributed by atoms with Gasteiger partial charge in [0.2, 0.25) is 0 Å². The monoisotopic (exact) mass is 384 g/mol. The lowest BCUT2D eigenvalue weighted by Gasteiger charge is -2.23. The quantitative estimate of drug-likeness (QED) is 0.447. The van der Waals surface area contributed by atoms with Crippen molar-refractivity contribution in [2.75, 3.05) is 13.7 Å². The van der Waals surface area contributed by atoms with Crippen molar-refractivity contribution in [2.24, 2.45) is 0 Å². The number of benzene rings is 2. The first-order chi connectivity index (χ1) is 13.7. The SMILES string of the molecule is COC(=O)/C=C/CCC(OCc1ccccc1)C(O)COCc1ccccc1. The molecule has 150 valence electrons. The van der Waals surface area contributed by atoms with Gasteiger partial charge in [0.25, 0.3) is 0 Å². The van der Waals surface area contributed by atoms with Crippen LogP contribution in [-0.4, -0.2) is 37.0 Å². The number of esters is 1. The van der Waals surface area contributed by atoms with Crippen LogP contribution in [0.5, 0.6) is 0 Å². The second-order valence-corrected chi connectivity index (χ2v) is 6.41. The lowest BCUT2D eigenvalue weighted by atomic mass is 10.1. The van der Waals surface area contributed by atoms with Crippen LogP contribution in [0.1, 0.15) is 24.0 Å². The first-order valence-corrected chi connectivity index (χ1v) is 9.38. The largest absolute Gasteiger partial charge is 0.466 e. The highest BCUT2D eigenvalue weighted by molar-refractivity contribution is 5.81. The molecule has 0 bridgehead atoms. The van der Waals surface area contributed by atoms with E-state index in [1.54, 1.807) is 6.08 Å². The second kappa shape index (κ2) is 12.8. The fourth-order valence-corrected chi connectivity index (χ4v) is 2.65. The Morgan fingerprint density at radius 2 is 1.61 bits per heavy atom. The van der Waals surface area contributed by atoms with Gasteiger partial charge in [-0.1, -0.05) is 66.7 Å². The predicted molar refractivity (Wildman–Crippen MR) is 108 cm³/mol. The van der Waals surface area contributed by atoms with Crippen LogP contribution in [0.4, 0.5) is 0 Å². The second-order valence-electron chi connectivity index (χ2n) is 6.41. The van der Waals surface area contributed by atoms with E-state index in [0.29, 0.717) is 26.1 Å². The Hall–Kier alpha value is -2.47. The number of aliphatic hydroxyl groups is 1. The van der Waals surface area contributed by atoms with Gasteiger partial charge in [-0.15, -0.1) is 0 Å². The molecule has 0 fully saturated rings. The Morgan fingerprint density at radius 1 is 1.00 bits per heavy atom. The van der Waals surface area contributed by atoms with E-state index in [1.807, 2.05) is 60.7 Å². The van der Waals surface area contributed by atoms with Crippen molar-refractivity contribution in [2.45, 2.75) is 38.3 Å². The van der Waals surface area contributed by atoms with Crippen LogP contribution in [0.15, 0.2) is 72.8 Å². The normalized spacial score (nSPS) is 13.4. The Kier molecular flexibility index (Phi) is 10.0. The predicted octanol–water partition coefficient (Wildman–Crippen LogP) is 3.66. The van der Waals surface area contributed by atoms with Gasteiger partial charge in [-0.3, -0.25) is 0 Å². The molecular weight excluding hydrogens is 356 g/mol. The zero-order chi connectivity index (χ0) is 20.0. The van der Waals surface area contributed by atoms with E-state index in [9.17, 15) is 9.90 Å². The number of carbonyl (C=O) groups is 1. The maximum Gasteiger partial charge on any atom is 0.330 e. The molecule has 0 amide bonds. The number of hydrogen-bond donors (Lipinski definition) is 1. The van der Waals surface area contributed by atoms with Crippen molar-refractivity contribution < 1.29 is 24.1 Å². The van der Waals surface area contributed by atoms with E-state index in [-0.39, 0.29) is 6.61 Å². The number of aliphatic hydroxyl groups excluding tert-OH is 1. The summed E-state index contributed by atoms with van der Waals surface area (Å²) in [7, 11) is 1.34. The number of methoxy groups -OCH3 is 1. The molecule has 2 unspecified atom stereocenters. The molecule has 0 saturated carbocycles. The van der Waals surface area contributed by atoms with Gasteiger partial charge in [0, 0.05) is 6.08 Å². The van der Waals surface area contributed by atoms with Crippen molar-refractivity contribution in [3.05, 3.63) is 83.9 Å². The average Bonchev–Trinajstić information content (AvgIpc) is 2.74. The van der Waals surface area contributed by atoms with Gasteiger partial charge in [-0.25, -0.2) is 4.79 Å². The summed E-state index contributed by atoms with van der Waals surface area (Å²) >= 11 is 0. The molecule has 2 aromatic carbocycles. The smallest absolute Gasteiger partial charge is 0.330 e. The molecule has 0 aromatic heterocycles. The summed E-state index contributed by atoms with van der Waals surface area (Å²) in [4.78, 5) is 11.2. The summed E-state index contributed by atoms with van der Waals surface area (Å²) in [6.07, 6.45) is 3.09. The number of rotatable bonds is 12. The Morgan fingerprint density at radius 3 is 2.21 bits per heavy atom. The Balaban J connectivity index is 1.85. The third-order valence-corrected chi connectivity index (χ3v) is 4.21. The minimum Gasteiger partial charge on any atom is -0.466 e. The molecule has 2 aromatic rings. The highest BCUT2D eigenvalue weighted by atomic mass is 16.5. The van der Waals surface area contributed by atoms with Crippen molar-refractivity contribution in [3.8, 4) is 0 Å². The molecule has 0 saturated heterocycles. The van der Waals surface area contributed by atoms with Crippen molar-refractivity contribution in [3.63, 3.8) is 0 Å². The van der Waals surface area contributed by atoms with Crippen LogP contribution >= 0.6 is 0 Å². The highest BCUT2D eigenvalue weighted by Gasteiger charge is 2.20. The molecule has 2 rings (SSSR count). The molecular formula is C23H28O5. The minimum absolute atomic E-state index is 0.176. The van der Waals surface area contributed by atoms with Crippen LogP contribution in [0.3, 0.4) is 0 Å². The molecule has 0 aliphatic carbocycles. The van der Waals surface area contributed by atoms with Crippen molar-refractivity contribution in [1.82, 2.24) is 0 Å². The van der Waals surface area contributed by atoms with E-state index in [2.05, 4.69) is 4.74 Å². The van der Waals surface area contributed by atoms with E-state index in [0.717, 1.165) is 11.1 Å². The maximum atomic E-state index is 11.2. The van der Waals surface area contributed by atoms with Crippen LogP contribution in [-0.2, 0) is 32.2 Å². The molecule has 0 radical (unpaired) electrons. The van der Waals surface area contributed by atoms with Gasteiger partial charge in [-0.2, -0.15) is 0 Å². The van der Waals surface area contributed by atoms with E-state index >= 15 is 0 Å². The third-order valence-electron chi connectivity index (χ3n) is 4.21. The van der Waals surface area contributed by atoms with Crippen LogP contribution in [0.2, 0.25) is 0 Å². The maximum absolute atomic E-state index is 11.2. The zero-order valence-corrected chi connectivity index (χ0v) is 16.2. The van der Waals surface area contributed by atoms with Gasteiger partial charge >= 0.3 is 5.97 Å². The van der Waals surface area contributed by atoms with Gasteiger partial charge in [0.1, 0.15) is 6.10 Å². The van der Waals surface area contributed by atoms with E-state index in [1.165, 1.54) is 13.2 Å². The Labute approximate surface area is 166 Å². The lowest BCUT2D eigenvalue weighted by molar-refractivity contribution is -0.134. The number of allylic oxidation sites excluding steroid dienone is 1. The molecule has 0 aliphatic heterocycles. The van der Waals surface area contributed by atoms with Crippen LogP contribution < -0.4 is 0 Å². The first-order valence-electron chi connectivity index (χ1n) is 9.38. The van der Waals surface area contributed by atoms with E-state index < -0.39 is 18.2 Å². The van der Waals surface area contributed by atoms with Gasteiger partial charge in [0.05, 0.1) is 33.0 Å². The fraction of sp³-hybridized carbons (Fsp3) is 0.348. The average molecular weight is 384 g/mol. The summed E-state index contributed by atoms with van der Waals surface area (Å²) < 4.78 is 16.2.